The molecule has 0 saturated carbocycles. The van der Waals surface area contributed by atoms with Crippen LogP contribution in [0.3, 0.4) is 0 Å². The van der Waals surface area contributed by atoms with Gasteiger partial charge in [-0.05, 0) is 30.8 Å². The van der Waals surface area contributed by atoms with Crippen LogP contribution in [0.1, 0.15) is 25.3 Å². The predicted molar refractivity (Wildman–Crippen MR) is 143 cm³/mol. The number of nitrogens with one attached hydrogen (secondary N) is 1. The molecule has 0 bridgehead atoms. The maximum absolute atomic E-state index is 12.8. The molecular weight excluding hydrogens is 516 g/mol. The number of halogens is 1. The van der Waals surface area contributed by atoms with Crippen molar-refractivity contribution in [2.45, 2.75) is 25.4 Å². The third-order valence-electron chi connectivity index (χ3n) is 6.08. The molecule has 2 aromatic carbocycles. The van der Waals surface area contributed by atoms with Gasteiger partial charge in [0.25, 0.3) is 0 Å². The molecule has 1 saturated heterocycles. The summed E-state index contributed by atoms with van der Waals surface area (Å²) in [7, 11) is 3.16. The summed E-state index contributed by atoms with van der Waals surface area (Å²) in [6, 6.07) is 13.4. The number of carbonyl (C=O) groups is 1. The lowest BCUT2D eigenvalue weighted by Gasteiger charge is -2.34. The Morgan fingerprint density at radius 1 is 1.12 bits per heavy atom. The topological polar surface area (TPSA) is 75.5 Å². The van der Waals surface area contributed by atoms with Gasteiger partial charge in [-0.25, -0.2) is 4.99 Å². The van der Waals surface area contributed by atoms with Crippen molar-refractivity contribution in [1.82, 2.24) is 4.90 Å². The van der Waals surface area contributed by atoms with E-state index in [0.717, 1.165) is 53.3 Å². The Bertz CT molecular complexity index is 1100. The number of carbonyl (C=O) groups excluding carboxylic acids is 1. The average molecular weight is 546 g/mol. The van der Waals surface area contributed by atoms with Gasteiger partial charge in [0.05, 0.1) is 31.4 Å². The Morgan fingerprint density at radius 3 is 2.50 bits per heavy atom. The first-order chi connectivity index (χ1) is 16.4. The average Bonchev–Trinajstić information content (AvgIpc) is 3.21. The summed E-state index contributed by atoms with van der Waals surface area (Å²) in [5, 5.41) is 3.76. The van der Waals surface area contributed by atoms with Crippen molar-refractivity contribution >= 4 is 50.0 Å². The maximum Gasteiger partial charge on any atom is 0.234 e. The summed E-state index contributed by atoms with van der Waals surface area (Å²) < 4.78 is 11.6. The lowest BCUT2D eigenvalue weighted by molar-refractivity contribution is -0.113. The molecule has 1 spiro atoms. The number of aliphatic imine (C=N–C) groups is 2. The first-order valence-corrected chi connectivity index (χ1v) is 13.1. The minimum absolute atomic E-state index is 0.131. The molecule has 7 nitrogen and oxygen atoms in total. The molecule has 9 heteroatoms. The van der Waals surface area contributed by atoms with Crippen LogP contribution in [0.25, 0.3) is 0 Å². The quantitative estimate of drug-likeness (QED) is 0.539. The van der Waals surface area contributed by atoms with Gasteiger partial charge < -0.3 is 19.7 Å². The normalized spacial score (nSPS) is 17.3. The van der Waals surface area contributed by atoms with Crippen LogP contribution in [0.15, 0.2) is 56.9 Å². The van der Waals surface area contributed by atoms with Crippen molar-refractivity contribution in [1.29, 1.82) is 0 Å². The van der Waals surface area contributed by atoms with Crippen molar-refractivity contribution in [3.63, 3.8) is 0 Å². The SMILES string of the molecule is CCN1CCC2(CC1)N=C(SCC(=O)Nc1ccc(OC)cc1OC)C(c1ccc(Br)cc1)=N2. The van der Waals surface area contributed by atoms with Crippen molar-refractivity contribution < 1.29 is 14.3 Å². The Morgan fingerprint density at radius 2 is 1.85 bits per heavy atom. The summed E-state index contributed by atoms with van der Waals surface area (Å²) >= 11 is 4.93. The molecule has 0 atom stereocenters. The molecule has 1 N–H and O–H groups in total. The zero-order valence-corrected chi connectivity index (χ0v) is 22.0. The summed E-state index contributed by atoms with van der Waals surface area (Å²) in [6.07, 6.45) is 1.78. The highest BCUT2D eigenvalue weighted by Crippen LogP contribution is 2.36. The van der Waals surface area contributed by atoms with E-state index in [0.29, 0.717) is 17.2 Å². The fourth-order valence-electron chi connectivity index (χ4n) is 4.09. The first-order valence-electron chi connectivity index (χ1n) is 11.3. The Balaban J connectivity index is 1.49. The van der Waals surface area contributed by atoms with Gasteiger partial charge in [0.15, 0.2) is 5.66 Å². The maximum atomic E-state index is 12.8. The third-order valence-corrected chi connectivity index (χ3v) is 7.57. The highest BCUT2D eigenvalue weighted by molar-refractivity contribution is 9.10. The van der Waals surface area contributed by atoms with E-state index >= 15 is 0 Å². The molecule has 0 radical (unpaired) electrons. The van der Waals surface area contributed by atoms with Gasteiger partial charge in [-0.2, -0.15) is 0 Å². The van der Waals surface area contributed by atoms with Crippen LogP contribution in [0.5, 0.6) is 11.5 Å². The molecule has 0 aliphatic carbocycles. The number of thioether (sulfide) groups is 1. The molecule has 1 amide bonds. The number of ether oxygens (including phenoxy) is 2. The number of benzene rings is 2. The summed E-state index contributed by atoms with van der Waals surface area (Å²) in [6.45, 7) is 5.18. The van der Waals surface area contributed by atoms with Crippen molar-refractivity contribution in [2.75, 3.05) is 44.9 Å². The Hall–Kier alpha value is -2.36. The molecule has 180 valence electrons. The van der Waals surface area contributed by atoms with Gasteiger partial charge in [0.1, 0.15) is 16.5 Å². The van der Waals surface area contributed by atoms with Crippen molar-refractivity contribution in [3.05, 3.63) is 52.5 Å². The largest absolute Gasteiger partial charge is 0.497 e. The number of anilines is 1. The second kappa shape index (κ2) is 10.9. The highest BCUT2D eigenvalue weighted by Gasteiger charge is 2.39. The number of nitrogens with zero attached hydrogens (tertiary/aromatic N) is 3. The number of hydrogen-bond acceptors (Lipinski definition) is 7. The molecule has 2 aliphatic rings. The molecule has 2 aliphatic heterocycles. The molecule has 4 rings (SSSR count). The van der Waals surface area contributed by atoms with Gasteiger partial charge in [-0.1, -0.05) is 46.7 Å². The van der Waals surface area contributed by atoms with Crippen LogP contribution in [-0.4, -0.2) is 66.8 Å². The molecule has 0 unspecified atom stereocenters. The number of rotatable bonds is 7. The van der Waals surface area contributed by atoms with Crippen LogP contribution in [-0.2, 0) is 4.79 Å². The van der Waals surface area contributed by atoms with Crippen molar-refractivity contribution in [3.8, 4) is 11.5 Å². The smallest absolute Gasteiger partial charge is 0.234 e. The number of likely N-dealkylation sites (tertiary alicyclic amines) is 1. The minimum Gasteiger partial charge on any atom is -0.497 e. The van der Waals surface area contributed by atoms with E-state index < -0.39 is 5.66 Å². The summed E-state index contributed by atoms with van der Waals surface area (Å²) in [5.74, 6) is 1.31. The van der Waals surface area contributed by atoms with Gasteiger partial charge in [0.2, 0.25) is 5.91 Å². The van der Waals surface area contributed by atoms with E-state index in [9.17, 15) is 4.79 Å². The van der Waals surface area contributed by atoms with Crippen LogP contribution in [0, 0.1) is 0 Å². The Kier molecular flexibility index (Phi) is 7.95. The highest BCUT2D eigenvalue weighted by atomic mass is 79.9. The Labute approximate surface area is 213 Å². The first kappa shape index (κ1) is 24.8. The predicted octanol–water partition coefficient (Wildman–Crippen LogP) is 4.85. The number of methoxy groups -OCH3 is 2. The lowest BCUT2D eigenvalue weighted by Crippen LogP contribution is -2.41. The fraction of sp³-hybridized carbons (Fsp3) is 0.400. The van der Waals surface area contributed by atoms with Gasteiger partial charge in [-0.15, -0.1) is 0 Å². The van der Waals surface area contributed by atoms with Gasteiger partial charge >= 0.3 is 0 Å². The molecule has 2 heterocycles. The van der Waals surface area contributed by atoms with Crippen LogP contribution in [0.4, 0.5) is 5.69 Å². The van der Waals surface area contributed by atoms with E-state index in [-0.39, 0.29) is 11.7 Å². The van der Waals surface area contributed by atoms with E-state index in [1.807, 2.05) is 24.3 Å². The standard InChI is InChI=1S/C25H29BrN4O3S/c1-4-30-13-11-25(12-14-30)28-23(17-5-7-18(26)8-6-17)24(29-25)34-16-22(31)27-20-10-9-19(32-2)15-21(20)33-3/h5-10,15H,4,11-14,16H2,1-3H3,(H,27,31). The fourth-order valence-corrected chi connectivity index (χ4v) is 5.23. The summed E-state index contributed by atoms with van der Waals surface area (Å²) in [5.41, 5.74) is 2.07. The zero-order chi connectivity index (χ0) is 24.1. The van der Waals surface area contributed by atoms with E-state index in [1.54, 1.807) is 32.4 Å². The second-order valence-corrected chi connectivity index (χ2v) is 10.1. The van der Waals surface area contributed by atoms with E-state index in [4.69, 9.17) is 19.5 Å². The molecule has 1 fully saturated rings. The minimum atomic E-state index is -0.425. The molecule has 0 aromatic heterocycles. The number of hydrogen-bond donors (Lipinski definition) is 1. The molecule has 34 heavy (non-hydrogen) atoms. The van der Waals surface area contributed by atoms with Gasteiger partial charge in [0, 0.05) is 42.0 Å². The molecular formula is C25H29BrN4O3S. The number of piperidine rings is 1. The third kappa shape index (κ3) is 5.64. The van der Waals surface area contributed by atoms with Crippen LogP contribution >= 0.6 is 27.7 Å². The molecule has 2 aromatic rings. The van der Waals surface area contributed by atoms with Crippen LogP contribution < -0.4 is 14.8 Å². The monoisotopic (exact) mass is 544 g/mol. The second-order valence-electron chi connectivity index (χ2n) is 8.20. The number of amides is 1. The summed E-state index contributed by atoms with van der Waals surface area (Å²) in [4.78, 5) is 25.4. The van der Waals surface area contributed by atoms with E-state index in [1.165, 1.54) is 11.8 Å². The van der Waals surface area contributed by atoms with Crippen molar-refractivity contribution in [2.24, 2.45) is 9.98 Å². The van der Waals surface area contributed by atoms with Gasteiger partial charge in [-0.3, -0.25) is 9.79 Å². The lowest BCUT2D eigenvalue weighted by atomic mass is 9.98. The zero-order valence-electron chi connectivity index (χ0n) is 19.6. The van der Waals surface area contributed by atoms with E-state index in [2.05, 4.69) is 33.1 Å². The van der Waals surface area contributed by atoms with Crippen LogP contribution in [0.2, 0.25) is 0 Å².